The van der Waals surface area contributed by atoms with Gasteiger partial charge in [-0.05, 0) is 73.2 Å². The molecule has 0 heterocycles. The molecule has 2 N–H and O–H groups in total. The Morgan fingerprint density at radius 1 is 0.966 bits per heavy atom. The summed E-state index contributed by atoms with van der Waals surface area (Å²) in [5.74, 6) is 0.0379. The van der Waals surface area contributed by atoms with Gasteiger partial charge < -0.3 is 10.1 Å². The average Bonchev–Trinajstić information content (AvgIpc) is 2.68. The molecule has 0 spiro atoms. The van der Waals surface area contributed by atoms with Crippen LogP contribution in [0.1, 0.15) is 5.56 Å². The molecule has 0 fully saturated rings. The van der Waals surface area contributed by atoms with Crippen molar-refractivity contribution in [3.8, 4) is 5.75 Å². The number of amides is 1. The summed E-state index contributed by atoms with van der Waals surface area (Å²) in [6, 6.07) is 19.6. The molecule has 3 rings (SSSR count). The van der Waals surface area contributed by atoms with Gasteiger partial charge in [0.05, 0.1) is 4.90 Å². The van der Waals surface area contributed by atoms with Crippen LogP contribution in [-0.2, 0) is 14.8 Å². The fourth-order valence-electron chi connectivity index (χ4n) is 2.52. The number of benzene rings is 3. The highest BCUT2D eigenvalue weighted by atomic mass is 35.5. The Kier molecular flexibility index (Phi) is 6.41. The van der Waals surface area contributed by atoms with E-state index in [2.05, 4.69) is 10.0 Å². The van der Waals surface area contributed by atoms with Gasteiger partial charge in [-0.25, -0.2) is 8.42 Å². The molecule has 0 saturated heterocycles. The number of halogens is 1. The van der Waals surface area contributed by atoms with Gasteiger partial charge in [0.2, 0.25) is 0 Å². The van der Waals surface area contributed by atoms with Crippen LogP contribution in [0.25, 0.3) is 0 Å². The predicted octanol–water partition coefficient (Wildman–Crippen LogP) is 4.47. The summed E-state index contributed by atoms with van der Waals surface area (Å²) in [5.41, 5.74) is 2.04. The van der Waals surface area contributed by atoms with E-state index in [0.717, 1.165) is 5.56 Å². The van der Waals surface area contributed by atoms with E-state index in [1.165, 1.54) is 24.3 Å². The molecule has 0 aliphatic rings. The number of aryl methyl sites for hydroxylation is 1. The second-order valence-electron chi connectivity index (χ2n) is 6.29. The molecule has 150 valence electrons. The summed E-state index contributed by atoms with van der Waals surface area (Å²) in [4.78, 5) is 12.0. The molecule has 0 bridgehead atoms. The highest BCUT2D eigenvalue weighted by Crippen LogP contribution is 2.20. The Bertz CT molecular complexity index is 1100. The van der Waals surface area contributed by atoms with Gasteiger partial charge in [-0.2, -0.15) is 0 Å². The summed E-state index contributed by atoms with van der Waals surface area (Å²) in [6.07, 6.45) is 0. The Hall–Kier alpha value is -3.03. The smallest absolute Gasteiger partial charge is 0.262 e. The molecule has 1 amide bonds. The van der Waals surface area contributed by atoms with Gasteiger partial charge >= 0.3 is 0 Å². The van der Waals surface area contributed by atoms with Gasteiger partial charge in [0.25, 0.3) is 15.9 Å². The predicted molar refractivity (Wildman–Crippen MR) is 114 cm³/mol. The Morgan fingerprint density at radius 3 is 2.31 bits per heavy atom. The first-order valence-corrected chi connectivity index (χ1v) is 10.6. The number of nitrogens with one attached hydrogen (secondary N) is 2. The maximum absolute atomic E-state index is 12.5. The van der Waals surface area contributed by atoms with Crippen molar-refractivity contribution in [1.29, 1.82) is 0 Å². The molecule has 0 aromatic heterocycles. The Balaban J connectivity index is 1.58. The monoisotopic (exact) mass is 430 g/mol. The SMILES string of the molecule is Cc1cccc(NS(=O)(=O)c2ccc(OCC(=O)Nc3ccc(Cl)cc3)cc2)c1. The van der Waals surface area contributed by atoms with Crippen LogP contribution in [0, 0.1) is 6.92 Å². The van der Waals surface area contributed by atoms with E-state index < -0.39 is 10.0 Å². The molecule has 0 atom stereocenters. The van der Waals surface area contributed by atoms with E-state index in [9.17, 15) is 13.2 Å². The summed E-state index contributed by atoms with van der Waals surface area (Å²) in [5, 5.41) is 3.25. The highest BCUT2D eigenvalue weighted by Gasteiger charge is 2.14. The highest BCUT2D eigenvalue weighted by molar-refractivity contribution is 7.92. The molecule has 0 radical (unpaired) electrons. The van der Waals surface area contributed by atoms with Crippen LogP contribution in [-0.4, -0.2) is 20.9 Å². The number of ether oxygens (including phenoxy) is 1. The van der Waals surface area contributed by atoms with Crippen LogP contribution >= 0.6 is 11.6 Å². The van der Waals surface area contributed by atoms with Crippen LogP contribution in [0.4, 0.5) is 11.4 Å². The molecule has 3 aromatic rings. The molecule has 0 unspecified atom stereocenters. The lowest BCUT2D eigenvalue weighted by Gasteiger charge is -2.10. The van der Waals surface area contributed by atoms with E-state index in [4.69, 9.17) is 16.3 Å². The number of anilines is 2. The van der Waals surface area contributed by atoms with E-state index >= 15 is 0 Å². The number of carbonyl (C=O) groups is 1. The zero-order chi connectivity index (χ0) is 20.9. The third-order valence-corrected chi connectivity index (χ3v) is 5.55. The molecule has 6 nitrogen and oxygen atoms in total. The second-order valence-corrected chi connectivity index (χ2v) is 8.41. The van der Waals surface area contributed by atoms with Gasteiger partial charge in [-0.3, -0.25) is 9.52 Å². The van der Waals surface area contributed by atoms with Crippen LogP contribution in [0.5, 0.6) is 5.75 Å². The number of hydrogen-bond acceptors (Lipinski definition) is 4. The summed E-state index contributed by atoms with van der Waals surface area (Å²) >= 11 is 5.80. The Labute approximate surface area is 174 Å². The molecule has 3 aromatic carbocycles. The minimum Gasteiger partial charge on any atom is -0.484 e. The first-order chi connectivity index (χ1) is 13.8. The van der Waals surface area contributed by atoms with Crippen molar-refractivity contribution in [1.82, 2.24) is 0 Å². The van der Waals surface area contributed by atoms with Crippen LogP contribution in [0.3, 0.4) is 0 Å². The maximum Gasteiger partial charge on any atom is 0.262 e. The normalized spacial score (nSPS) is 11.0. The van der Waals surface area contributed by atoms with Crippen LogP contribution < -0.4 is 14.8 Å². The molecule has 0 aliphatic heterocycles. The lowest BCUT2D eigenvalue weighted by atomic mass is 10.2. The number of sulfonamides is 1. The number of carbonyl (C=O) groups excluding carboxylic acids is 1. The van der Waals surface area contributed by atoms with Gasteiger partial charge in [-0.1, -0.05) is 23.7 Å². The van der Waals surface area contributed by atoms with E-state index in [1.54, 1.807) is 42.5 Å². The lowest BCUT2D eigenvalue weighted by molar-refractivity contribution is -0.118. The van der Waals surface area contributed by atoms with Crippen molar-refractivity contribution in [3.63, 3.8) is 0 Å². The molecular weight excluding hydrogens is 412 g/mol. The molecule has 0 aliphatic carbocycles. The maximum atomic E-state index is 12.5. The lowest BCUT2D eigenvalue weighted by Crippen LogP contribution is -2.20. The zero-order valence-corrected chi connectivity index (χ0v) is 17.1. The summed E-state index contributed by atoms with van der Waals surface area (Å²) < 4.78 is 32.9. The van der Waals surface area contributed by atoms with E-state index in [-0.39, 0.29) is 17.4 Å². The van der Waals surface area contributed by atoms with Crippen molar-refractivity contribution in [2.75, 3.05) is 16.6 Å². The number of rotatable bonds is 7. The fourth-order valence-corrected chi connectivity index (χ4v) is 3.69. The van der Waals surface area contributed by atoms with E-state index in [1.807, 2.05) is 13.0 Å². The average molecular weight is 431 g/mol. The quantitative estimate of drug-likeness (QED) is 0.579. The summed E-state index contributed by atoms with van der Waals surface area (Å²) in [6.45, 7) is 1.67. The second kappa shape index (κ2) is 8.98. The molecular formula is C21H19ClN2O4S. The fraction of sp³-hybridized carbons (Fsp3) is 0.0952. The third kappa shape index (κ3) is 5.97. The number of hydrogen-bond donors (Lipinski definition) is 2. The van der Waals surface area contributed by atoms with Gasteiger partial charge in [0, 0.05) is 16.4 Å². The Morgan fingerprint density at radius 2 is 1.66 bits per heavy atom. The van der Waals surface area contributed by atoms with E-state index in [0.29, 0.717) is 22.1 Å². The van der Waals surface area contributed by atoms with Crippen molar-refractivity contribution < 1.29 is 17.9 Å². The van der Waals surface area contributed by atoms with Crippen LogP contribution in [0.15, 0.2) is 77.7 Å². The summed E-state index contributed by atoms with van der Waals surface area (Å²) in [7, 11) is -3.72. The minimum absolute atomic E-state index is 0.0944. The topological polar surface area (TPSA) is 84.5 Å². The van der Waals surface area contributed by atoms with Crippen molar-refractivity contribution >= 4 is 38.9 Å². The molecule has 8 heteroatoms. The largest absolute Gasteiger partial charge is 0.484 e. The van der Waals surface area contributed by atoms with Crippen molar-refractivity contribution in [2.24, 2.45) is 0 Å². The van der Waals surface area contributed by atoms with Gasteiger partial charge in [-0.15, -0.1) is 0 Å². The van der Waals surface area contributed by atoms with Crippen molar-refractivity contribution in [3.05, 3.63) is 83.4 Å². The van der Waals surface area contributed by atoms with Crippen molar-refractivity contribution in [2.45, 2.75) is 11.8 Å². The third-order valence-electron chi connectivity index (χ3n) is 3.90. The van der Waals surface area contributed by atoms with Gasteiger partial charge in [0.1, 0.15) is 5.75 Å². The van der Waals surface area contributed by atoms with Crippen LogP contribution in [0.2, 0.25) is 5.02 Å². The molecule has 0 saturated carbocycles. The molecule has 29 heavy (non-hydrogen) atoms. The zero-order valence-electron chi connectivity index (χ0n) is 15.6. The van der Waals surface area contributed by atoms with Gasteiger partial charge in [0.15, 0.2) is 6.61 Å². The minimum atomic E-state index is -3.72. The standard InChI is InChI=1S/C21H19ClN2O4S/c1-15-3-2-4-18(13-15)24-29(26,27)20-11-9-19(10-12-20)28-14-21(25)23-17-7-5-16(22)6-8-17/h2-13,24H,14H2,1H3,(H,23,25). The first-order valence-electron chi connectivity index (χ1n) is 8.70. The first kappa shape index (κ1) is 20.7.